The molecule has 0 heterocycles. The van der Waals surface area contributed by atoms with Crippen molar-refractivity contribution in [3.05, 3.63) is 35.4 Å². The Morgan fingerprint density at radius 3 is 2.57 bits per heavy atom. The van der Waals surface area contributed by atoms with E-state index in [0.29, 0.717) is 6.42 Å². The summed E-state index contributed by atoms with van der Waals surface area (Å²) < 4.78 is 0. The van der Waals surface area contributed by atoms with Crippen molar-refractivity contribution in [1.82, 2.24) is 5.32 Å². The van der Waals surface area contributed by atoms with Gasteiger partial charge in [0.05, 0.1) is 0 Å². The molecule has 0 aliphatic heterocycles. The van der Waals surface area contributed by atoms with E-state index in [4.69, 9.17) is 0 Å². The highest BCUT2D eigenvalue weighted by molar-refractivity contribution is 7.99. The van der Waals surface area contributed by atoms with Crippen molar-refractivity contribution in [2.45, 2.75) is 63.6 Å². The van der Waals surface area contributed by atoms with Gasteiger partial charge in [0.1, 0.15) is 5.54 Å². The minimum absolute atomic E-state index is 0.153. The quantitative estimate of drug-likeness (QED) is 0.766. The van der Waals surface area contributed by atoms with Gasteiger partial charge in [-0.05, 0) is 39.7 Å². The Morgan fingerprint density at radius 2 is 2.05 bits per heavy atom. The van der Waals surface area contributed by atoms with Crippen LogP contribution in [0.25, 0.3) is 0 Å². The topological polar surface area (TPSA) is 49.3 Å². The highest BCUT2D eigenvalue weighted by Crippen LogP contribution is 2.26. The highest BCUT2D eigenvalue weighted by Gasteiger charge is 2.35. The van der Waals surface area contributed by atoms with Gasteiger partial charge in [-0.3, -0.25) is 10.1 Å². The molecule has 2 N–H and O–H groups in total. The molecule has 118 valence electrons. The van der Waals surface area contributed by atoms with Crippen LogP contribution in [-0.2, 0) is 10.5 Å². The van der Waals surface area contributed by atoms with Gasteiger partial charge in [-0.15, -0.1) is 0 Å². The molecule has 0 spiro atoms. The summed E-state index contributed by atoms with van der Waals surface area (Å²) in [5.74, 6) is 0.138. The molecule has 0 saturated heterocycles. The predicted molar refractivity (Wildman–Crippen MR) is 90.9 cm³/mol. The number of hydrogen-bond acceptors (Lipinski definition) is 3. The van der Waals surface area contributed by atoms with E-state index < -0.39 is 11.5 Å². The van der Waals surface area contributed by atoms with Crippen LogP contribution < -0.4 is 5.32 Å². The van der Waals surface area contributed by atoms with Crippen molar-refractivity contribution in [2.24, 2.45) is 0 Å². The van der Waals surface area contributed by atoms with E-state index in [2.05, 4.69) is 43.4 Å². The van der Waals surface area contributed by atoms with Crippen molar-refractivity contribution in [3.63, 3.8) is 0 Å². The third-order valence-electron chi connectivity index (χ3n) is 3.39. The van der Waals surface area contributed by atoms with Crippen LogP contribution in [0.5, 0.6) is 0 Å². The number of aliphatic carboxylic acids is 1. The van der Waals surface area contributed by atoms with Crippen LogP contribution in [0.2, 0.25) is 0 Å². The number of benzene rings is 1. The molecule has 0 fully saturated rings. The number of thioether (sulfide) groups is 1. The second-order valence-corrected chi connectivity index (χ2v) is 7.68. The standard InChI is InChI=1S/C17H27NO2S/c1-12(2)18-17(5,16(19)20)10-14(4)21-11-15-8-6-7-13(3)9-15/h6-9,12,14,18H,10-11H2,1-5H3,(H,19,20). The lowest BCUT2D eigenvalue weighted by Gasteiger charge is -2.31. The number of hydrogen-bond donors (Lipinski definition) is 2. The van der Waals surface area contributed by atoms with Gasteiger partial charge in [0, 0.05) is 17.0 Å². The summed E-state index contributed by atoms with van der Waals surface area (Å²) in [6.07, 6.45) is 0.608. The van der Waals surface area contributed by atoms with E-state index in [9.17, 15) is 9.90 Å². The molecule has 0 amide bonds. The first kappa shape index (κ1) is 18.1. The van der Waals surface area contributed by atoms with E-state index in [-0.39, 0.29) is 11.3 Å². The fraction of sp³-hybridized carbons (Fsp3) is 0.588. The molecule has 1 rings (SSSR count). The molecule has 0 saturated carbocycles. The van der Waals surface area contributed by atoms with Gasteiger partial charge in [0.25, 0.3) is 0 Å². The van der Waals surface area contributed by atoms with Gasteiger partial charge in [-0.25, -0.2) is 0 Å². The Bertz CT molecular complexity index is 476. The van der Waals surface area contributed by atoms with Gasteiger partial charge in [0.2, 0.25) is 0 Å². The van der Waals surface area contributed by atoms with Crippen LogP contribution in [0, 0.1) is 6.92 Å². The molecule has 2 atom stereocenters. The van der Waals surface area contributed by atoms with Gasteiger partial charge < -0.3 is 5.11 Å². The number of nitrogens with one attached hydrogen (secondary N) is 1. The molecular formula is C17H27NO2S. The van der Waals surface area contributed by atoms with Crippen LogP contribution in [0.1, 0.15) is 45.2 Å². The normalized spacial score (nSPS) is 15.7. The Morgan fingerprint density at radius 1 is 1.38 bits per heavy atom. The van der Waals surface area contributed by atoms with Crippen molar-refractivity contribution in [3.8, 4) is 0 Å². The average molecular weight is 309 g/mol. The molecule has 0 bridgehead atoms. The molecule has 2 unspecified atom stereocenters. The van der Waals surface area contributed by atoms with Crippen molar-refractivity contribution in [2.75, 3.05) is 0 Å². The van der Waals surface area contributed by atoms with Crippen molar-refractivity contribution < 1.29 is 9.90 Å². The van der Waals surface area contributed by atoms with Crippen LogP contribution in [-0.4, -0.2) is 27.9 Å². The molecule has 21 heavy (non-hydrogen) atoms. The minimum atomic E-state index is -0.868. The van der Waals surface area contributed by atoms with Gasteiger partial charge in [-0.2, -0.15) is 11.8 Å². The zero-order valence-corrected chi connectivity index (χ0v) is 14.5. The second kappa shape index (κ2) is 7.85. The smallest absolute Gasteiger partial charge is 0.323 e. The summed E-state index contributed by atoms with van der Waals surface area (Å²) in [5.41, 5.74) is 1.69. The third kappa shape index (κ3) is 6.10. The molecule has 1 aromatic carbocycles. The van der Waals surface area contributed by atoms with Crippen LogP contribution >= 0.6 is 11.8 Å². The monoisotopic (exact) mass is 309 g/mol. The summed E-state index contributed by atoms with van der Waals surface area (Å²) in [6.45, 7) is 9.92. The van der Waals surface area contributed by atoms with E-state index in [0.717, 1.165) is 5.75 Å². The molecule has 0 radical (unpaired) electrons. The molecule has 1 aromatic rings. The summed E-state index contributed by atoms with van der Waals surface area (Å²) in [7, 11) is 0. The lowest BCUT2D eigenvalue weighted by molar-refractivity contribution is -0.144. The Kier molecular flexibility index (Phi) is 6.75. The zero-order chi connectivity index (χ0) is 16.0. The summed E-state index contributed by atoms with van der Waals surface area (Å²) in [5, 5.41) is 12.9. The van der Waals surface area contributed by atoms with E-state index in [1.54, 1.807) is 18.7 Å². The fourth-order valence-corrected chi connectivity index (χ4v) is 3.63. The van der Waals surface area contributed by atoms with E-state index in [1.807, 2.05) is 13.8 Å². The summed E-state index contributed by atoms with van der Waals surface area (Å²) >= 11 is 1.81. The number of carbonyl (C=O) groups is 1. The van der Waals surface area contributed by atoms with Crippen LogP contribution in [0.3, 0.4) is 0 Å². The maximum absolute atomic E-state index is 11.5. The van der Waals surface area contributed by atoms with Crippen LogP contribution in [0.15, 0.2) is 24.3 Å². The first-order valence-electron chi connectivity index (χ1n) is 7.41. The first-order valence-corrected chi connectivity index (χ1v) is 8.46. The molecule has 0 aromatic heterocycles. The Labute approximate surface area is 132 Å². The predicted octanol–water partition coefficient (Wildman–Crippen LogP) is 3.85. The molecule has 4 heteroatoms. The largest absolute Gasteiger partial charge is 0.480 e. The van der Waals surface area contributed by atoms with Crippen molar-refractivity contribution >= 4 is 17.7 Å². The number of carboxylic acids is 1. The fourth-order valence-electron chi connectivity index (χ4n) is 2.52. The van der Waals surface area contributed by atoms with Crippen molar-refractivity contribution in [1.29, 1.82) is 0 Å². The Balaban J connectivity index is 2.58. The van der Waals surface area contributed by atoms with Gasteiger partial charge >= 0.3 is 5.97 Å². The molecular weight excluding hydrogens is 282 g/mol. The van der Waals surface area contributed by atoms with Crippen LogP contribution in [0.4, 0.5) is 0 Å². The van der Waals surface area contributed by atoms with Gasteiger partial charge in [-0.1, -0.05) is 36.8 Å². The maximum Gasteiger partial charge on any atom is 0.323 e. The SMILES string of the molecule is Cc1cccc(CSC(C)CC(C)(NC(C)C)C(=O)O)c1. The number of rotatable bonds is 8. The lowest BCUT2D eigenvalue weighted by atomic mass is 9.95. The minimum Gasteiger partial charge on any atom is -0.480 e. The molecule has 0 aliphatic rings. The number of aryl methyl sites for hydroxylation is 1. The Hall–Kier alpha value is -1.00. The maximum atomic E-state index is 11.5. The second-order valence-electron chi connectivity index (χ2n) is 6.25. The van der Waals surface area contributed by atoms with E-state index in [1.165, 1.54) is 11.1 Å². The lowest BCUT2D eigenvalue weighted by Crippen LogP contribution is -2.53. The van der Waals surface area contributed by atoms with E-state index >= 15 is 0 Å². The average Bonchev–Trinajstić information content (AvgIpc) is 2.35. The summed E-state index contributed by atoms with van der Waals surface area (Å²) in [6, 6.07) is 8.61. The zero-order valence-electron chi connectivity index (χ0n) is 13.6. The van der Waals surface area contributed by atoms with Gasteiger partial charge in [0.15, 0.2) is 0 Å². The highest BCUT2D eigenvalue weighted by atomic mass is 32.2. The molecule has 3 nitrogen and oxygen atoms in total. The summed E-state index contributed by atoms with van der Waals surface area (Å²) in [4.78, 5) is 11.5. The first-order chi connectivity index (χ1) is 9.73. The third-order valence-corrected chi connectivity index (χ3v) is 4.63. The molecule has 0 aliphatic carbocycles. The number of carboxylic acid groups (broad SMARTS) is 1.